The molecule has 0 aliphatic heterocycles. The highest BCUT2D eigenvalue weighted by molar-refractivity contribution is 7.90. The van der Waals surface area contributed by atoms with Crippen molar-refractivity contribution in [2.24, 2.45) is 0 Å². The Balaban J connectivity index is 3.80. The van der Waals surface area contributed by atoms with Crippen LogP contribution in [0.5, 0.6) is 0 Å². The third kappa shape index (κ3) is 6.98. The van der Waals surface area contributed by atoms with Gasteiger partial charge in [-0.05, 0) is 21.0 Å². The van der Waals surface area contributed by atoms with Crippen LogP contribution in [0, 0.1) is 0 Å². The molecule has 0 aromatic heterocycles. The largest absolute Gasteiger partial charge is 0.318 e. The maximum atomic E-state index is 10.9. The van der Waals surface area contributed by atoms with Crippen LogP contribution in [-0.4, -0.2) is 58.6 Å². The first-order valence-electron chi connectivity index (χ1n) is 4.39. The second-order valence-electron chi connectivity index (χ2n) is 3.52. The minimum absolute atomic E-state index is 0.234. The van der Waals surface area contributed by atoms with Crippen molar-refractivity contribution in [2.45, 2.75) is 13.0 Å². The smallest absolute Gasteiger partial charge is 0.148 e. The molecular formula is C8H20N2O2S. The Hall–Kier alpha value is -0.130. The Kier molecular flexibility index (Phi) is 5.51. The molecule has 0 aromatic carbocycles. The van der Waals surface area contributed by atoms with Gasteiger partial charge < -0.3 is 10.2 Å². The first-order chi connectivity index (χ1) is 5.87. The summed E-state index contributed by atoms with van der Waals surface area (Å²) in [4.78, 5) is 2.04. The maximum absolute atomic E-state index is 10.9. The summed E-state index contributed by atoms with van der Waals surface area (Å²) in [5.74, 6) is 0.234. The van der Waals surface area contributed by atoms with Crippen molar-refractivity contribution in [3.63, 3.8) is 0 Å². The van der Waals surface area contributed by atoms with Gasteiger partial charge in [0.1, 0.15) is 9.84 Å². The van der Waals surface area contributed by atoms with Crippen molar-refractivity contribution in [1.82, 2.24) is 10.2 Å². The molecule has 1 unspecified atom stereocenters. The molecule has 1 atom stereocenters. The second-order valence-corrected chi connectivity index (χ2v) is 5.78. The molecule has 1 N–H and O–H groups in total. The van der Waals surface area contributed by atoms with E-state index in [1.54, 1.807) is 0 Å². The average molecular weight is 208 g/mol. The van der Waals surface area contributed by atoms with E-state index in [0.29, 0.717) is 12.6 Å². The van der Waals surface area contributed by atoms with E-state index in [1.165, 1.54) is 6.26 Å². The van der Waals surface area contributed by atoms with Crippen LogP contribution in [0.15, 0.2) is 0 Å². The summed E-state index contributed by atoms with van der Waals surface area (Å²) in [6.45, 7) is 3.54. The van der Waals surface area contributed by atoms with Gasteiger partial charge in [0.15, 0.2) is 0 Å². The third-order valence-electron chi connectivity index (χ3n) is 2.07. The minimum Gasteiger partial charge on any atom is -0.318 e. The lowest BCUT2D eigenvalue weighted by Gasteiger charge is -2.23. The zero-order valence-electron chi connectivity index (χ0n) is 8.87. The average Bonchev–Trinajstić information content (AvgIpc) is 1.99. The highest BCUT2D eigenvalue weighted by Crippen LogP contribution is 1.94. The van der Waals surface area contributed by atoms with Gasteiger partial charge in [0.25, 0.3) is 0 Å². The van der Waals surface area contributed by atoms with Crippen LogP contribution >= 0.6 is 0 Å². The van der Waals surface area contributed by atoms with Crippen LogP contribution in [0.4, 0.5) is 0 Å². The molecule has 0 fully saturated rings. The molecule has 0 bridgehead atoms. The first-order valence-corrected chi connectivity index (χ1v) is 6.45. The van der Waals surface area contributed by atoms with Gasteiger partial charge in [-0.1, -0.05) is 0 Å². The van der Waals surface area contributed by atoms with Gasteiger partial charge in [-0.15, -0.1) is 0 Å². The van der Waals surface area contributed by atoms with Crippen LogP contribution in [0.25, 0.3) is 0 Å². The quantitative estimate of drug-likeness (QED) is 0.643. The number of nitrogens with zero attached hydrogens (tertiary/aromatic N) is 1. The normalized spacial score (nSPS) is 14.8. The molecule has 0 amide bonds. The van der Waals surface area contributed by atoms with Gasteiger partial charge in [-0.2, -0.15) is 0 Å². The van der Waals surface area contributed by atoms with Crippen molar-refractivity contribution in [1.29, 1.82) is 0 Å². The van der Waals surface area contributed by atoms with Crippen molar-refractivity contribution in [3.8, 4) is 0 Å². The number of sulfone groups is 1. The summed E-state index contributed by atoms with van der Waals surface area (Å²) in [5, 5.41) is 3.05. The molecule has 0 radical (unpaired) electrons. The van der Waals surface area contributed by atoms with Gasteiger partial charge in [0.2, 0.25) is 0 Å². The molecule has 0 aliphatic rings. The molecule has 80 valence electrons. The van der Waals surface area contributed by atoms with Crippen LogP contribution in [0.1, 0.15) is 6.92 Å². The number of hydrogen-bond donors (Lipinski definition) is 1. The number of hydrogen-bond acceptors (Lipinski definition) is 4. The van der Waals surface area contributed by atoms with Crippen molar-refractivity contribution in [2.75, 3.05) is 39.2 Å². The van der Waals surface area contributed by atoms with E-state index >= 15 is 0 Å². The standard InChI is InChI=1S/C8H20N2O2S/c1-8(7-9-2)10(3)5-6-13(4,11)12/h8-9H,5-7H2,1-4H3. The molecule has 4 nitrogen and oxygen atoms in total. The SMILES string of the molecule is CNCC(C)N(C)CCS(C)(=O)=O. The Morgan fingerprint density at radius 3 is 2.38 bits per heavy atom. The minimum atomic E-state index is -2.83. The van der Waals surface area contributed by atoms with E-state index in [1.807, 2.05) is 19.0 Å². The van der Waals surface area contributed by atoms with Gasteiger partial charge >= 0.3 is 0 Å². The van der Waals surface area contributed by atoms with E-state index in [9.17, 15) is 8.42 Å². The number of rotatable bonds is 6. The predicted molar refractivity (Wildman–Crippen MR) is 55.7 cm³/mol. The number of likely N-dealkylation sites (N-methyl/N-ethyl adjacent to an activating group) is 2. The van der Waals surface area contributed by atoms with E-state index in [4.69, 9.17) is 0 Å². The fourth-order valence-electron chi connectivity index (χ4n) is 0.981. The molecule has 13 heavy (non-hydrogen) atoms. The number of nitrogens with one attached hydrogen (secondary N) is 1. The fourth-order valence-corrected chi connectivity index (χ4v) is 1.60. The van der Waals surface area contributed by atoms with Gasteiger partial charge in [0.05, 0.1) is 5.75 Å². The summed E-state index contributed by atoms with van der Waals surface area (Å²) < 4.78 is 21.7. The monoisotopic (exact) mass is 208 g/mol. The molecule has 0 rings (SSSR count). The molecule has 0 saturated carbocycles. The topological polar surface area (TPSA) is 49.4 Å². The molecule has 0 spiro atoms. The second kappa shape index (κ2) is 5.57. The predicted octanol–water partition coefficient (Wildman–Crippen LogP) is -0.429. The van der Waals surface area contributed by atoms with Crippen molar-refractivity contribution < 1.29 is 8.42 Å². The summed E-state index contributed by atoms with van der Waals surface area (Å²) in [5.41, 5.74) is 0. The zero-order chi connectivity index (χ0) is 10.5. The van der Waals surface area contributed by atoms with Crippen LogP contribution in [0.2, 0.25) is 0 Å². The van der Waals surface area contributed by atoms with E-state index in [2.05, 4.69) is 12.2 Å². The van der Waals surface area contributed by atoms with Gasteiger partial charge in [-0.25, -0.2) is 8.42 Å². The maximum Gasteiger partial charge on any atom is 0.148 e. The Morgan fingerprint density at radius 2 is 2.00 bits per heavy atom. The zero-order valence-corrected chi connectivity index (χ0v) is 9.69. The lowest BCUT2D eigenvalue weighted by molar-refractivity contribution is 0.268. The van der Waals surface area contributed by atoms with E-state index in [0.717, 1.165) is 6.54 Å². The fraction of sp³-hybridized carbons (Fsp3) is 1.00. The molecule has 0 saturated heterocycles. The molecular weight excluding hydrogens is 188 g/mol. The lowest BCUT2D eigenvalue weighted by Crippen LogP contribution is -2.39. The van der Waals surface area contributed by atoms with E-state index < -0.39 is 9.84 Å². The molecule has 0 aromatic rings. The van der Waals surface area contributed by atoms with Crippen molar-refractivity contribution >= 4 is 9.84 Å². The highest BCUT2D eigenvalue weighted by atomic mass is 32.2. The Morgan fingerprint density at radius 1 is 1.46 bits per heavy atom. The van der Waals surface area contributed by atoms with Crippen LogP contribution < -0.4 is 5.32 Å². The van der Waals surface area contributed by atoms with Gasteiger partial charge in [0, 0.05) is 25.4 Å². The molecule has 0 aliphatic carbocycles. The summed E-state index contributed by atoms with van der Waals surface area (Å²) in [7, 11) is 0.998. The summed E-state index contributed by atoms with van der Waals surface area (Å²) in [6.07, 6.45) is 1.27. The summed E-state index contributed by atoms with van der Waals surface area (Å²) >= 11 is 0. The Labute approximate surface area is 81.2 Å². The third-order valence-corrected chi connectivity index (χ3v) is 2.99. The summed E-state index contributed by atoms with van der Waals surface area (Å²) in [6, 6.07) is 0.367. The van der Waals surface area contributed by atoms with Crippen molar-refractivity contribution in [3.05, 3.63) is 0 Å². The van der Waals surface area contributed by atoms with E-state index in [-0.39, 0.29) is 5.75 Å². The van der Waals surface area contributed by atoms with Crippen LogP contribution in [0.3, 0.4) is 0 Å². The first kappa shape index (κ1) is 12.9. The Bertz CT molecular complexity index is 226. The van der Waals surface area contributed by atoms with Gasteiger partial charge in [-0.3, -0.25) is 0 Å². The van der Waals surface area contributed by atoms with Crippen LogP contribution in [-0.2, 0) is 9.84 Å². The molecule has 5 heteroatoms. The molecule has 0 heterocycles. The lowest BCUT2D eigenvalue weighted by atomic mass is 10.3. The highest BCUT2D eigenvalue weighted by Gasteiger charge is 2.10.